The largest absolute Gasteiger partial charge is 0.507 e. The molecule has 10 heteroatoms. The first-order valence-electron chi connectivity index (χ1n) is 11.1. The highest BCUT2D eigenvalue weighted by Gasteiger charge is 2.40. The number of hydrogen-bond donors (Lipinski definition) is 4. The molecule has 1 atom stereocenters. The summed E-state index contributed by atoms with van der Waals surface area (Å²) >= 11 is 0. The third kappa shape index (κ3) is 3.37. The van der Waals surface area contributed by atoms with Crippen LogP contribution < -0.4 is 11.1 Å². The van der Waals surface area contributed by atoms with Gasteiger partial charge in [0.25, 0.3) is 11.8 Å². The van der Waals surface area contributed by atoms with E-state index < -0.39 is 35.0 Å². The lowest BCUT2D eigenvalue weighted by Crippen LogP contribution is -2.41. The Kier molecular flexibility index (Phi) is 5.16. The molecule has 0 bridgehead atoms. The molecule has 0 saturated carbocycles. The highest BCUT2D eigenvalue weighted by atomic mass is 16.3. The zero-order valence-corrected chi connectivity index (χ0v) is 18.5. The van der Waals surface area contributed by atoms with E-state index in [2.05, 4.69) is 5.32 Å². The Labute approximate surface area is 199 Å². The van der Waals surface area contributed by atoms with E-state index in [0.717, 1.165) is 17.1 Å². The van der Waals surface area contributed by atoms with Crippen LogP contribution in [0, 0.1) is 5.92 Å². The minimum absolute atomic E-state index is 0.00196. The summed E-state index contributed by atoms with van der Waals surface area (Å²) in [7, 11) is 0. The zero-order chi connectivity index (χ0) is 25.0. The van der Waals surface area contributed by atoms with Gasteiger partial charge >= 0.3 is 0 Å². The Hall–Kier alpha value is -4.47. The molecule has 0 saturated heterocycles. The molecule has 3 aliphatic rings. The fourth-order valence-corrected chi connectivity index (χ4v) is 5.01. The molecule has 178 valence electrons. The molecular weight excluding hydrogens is 454 g/mol. The predicted molar refractivity (Wildman–Crippen MR) is 122 cm³/mol. The molecule has 1 aliphatic heterocycles. The van der Waals surface area contributed by atoms with Crippen molar-refractivity contribution in [2.75, 3.05) is 18.8 Å². The van der Waals surface area contributed by atoms with E-state index in [-0.39, 0.29) is 71.1 Å². The van der Waals surface area contributed by atoms with E-state index in [1.807, 2.05) is 0 Å². The number of imide groups is 1. The standard InChI is InChI=1S/C25H21N3O7/c26-15-3-1-2-13-18(15)24(34)20-19(22(13)32)23(33)14-10-11(4-5-12(14)21(20)31)25(35)27-8-9-28-16(29)6-7-17(28)30/h1-3,6-7,11,31,33H,4-5,8-10,26H2,(H,27,35)/t11-/m0/s1. The number of carbonyl (C=O) groups is 5. The third-order valence-electron chi connectivity index (χ3n) is 6.78. The van der Waals surface area contributed by atoms with Gasteiger partial charge in [0.15, 0.2) is 11.6 Å². The molecule has 0 aromatic heterocycles. The number of aromatic hydroxyl groups is 2. The van der Waals surface area contributed by atoms with Crippen LogP contribution in [0.15, 0.2) is 30.4 Å². The van der Waals surface area contributed by atoms with Gasteiger partial charge in [-0.3, -0.25) is 28.9 Å². The van der Waals surface area contributed by atoms with Crippen LogP contribution in [0.2, 0.25) is 0 Å². The fourth-order valence-electron chi connectivity index (χ4n) is 5.01. The maximum absolute atomic E-state index is 13.2. The predicted octanol–water partition coefficient (Wildman–Crippen LogP) is 0.601. The molecular formula is C25H21N3O7. The highest BCUT2D eigenvalue weighted by molar-refractivity contribution is 6.32. The summed E-state index contributed by atoms with van der Waals surface area (Å²) in [6, 6.07) is 4.45. The number of nitrogens with zero attached hydrogens (tertiary/aromatic N) is 1. The summed E-state index contributed by atoms with van der Waals surface area (Å²) in [5.41, 5.74) is 6.08. The van der Waals surface area contributed by atoms with Crippen LogP contribution in [-0.4, -0.2) is 57.5 Å². The maximum atomic E-state index is 13.2. The number of phenolic OH excluding ortho intramolecular Hbond substituents is 2. The Balaban J connectivity index is 1.40. The summed E-state index contributed by atoms with van der Waals surface area (Å²) in [5, 5.41) is 24.7. The van der Waals surface area contributed by atoms with E-state index >= 15 is 0 Å². The zero-order valence-electron chi connectivity index (χ0n) is 18.5. The van der Waals surface area contributed by atoms with Crippen LogP contribution >= 0.6 is 0 Å². The first-order chi connectivity index (χ1) is 16.7. The average molecular weight is 475 g/mol. The number of phenols is 2. The SMILES string of the molecule is Nc1cccc2c1C(=O)c1c(O)c3c(c(O)c1C2=O)C[C@@H](C(=O)NCCN1C(=O)C=CC1=O)CC3. The number of hydrogen-bond acceptors (Lipinski definition) is 8. The van der Waals surface area contributed by atoms with Crippen molar-refractivity contribution in [3.05, 3.63) is 63.7 Å². The lowest BCUT2D eigenvalue weighted by atomic mass is 9.75. The molecule has 0 fully saturated rings. The van der Waals surface area contributed by atoms with Crippen molar-refractivity contribution in [2.45, 2.75) is 19.3 Å². The second kappa shape index (κ2) is 8.08. The number of anilines is 1. The monoisotopic (exact) mass is 475 g/mol. The first-order valence-corrected chi connectivity index (χ1v) is 11.1. The van der Waals surface area contributed by atoms with Crippen molar-refractivity contribution >= 4 is 35.0 Å². The van der Waals surface area contributed by atoms with Gasteiger partial charge in [-0.2, -0.15) is 0 Å². The van der Waals surface area contributed by atoms with Gasteiger partial charge in [-0.1, -0.05) is 12.1 Å². The van der Waals surface area contributed by atoms with Crippen LogP contribution in [0.3, 0.4) is 0 Å². The Morgan fingerprint density at radius 3 is 2.34 bits per heavy atom. The van der Waals surface area contributed by atoms with Crippen molar-refractivity contribution < 1.29 is 34.2 Å². The molecule has 0 radical (unpaired) electrons. The van der Waals surface area contributed by atoms with Gasteiger partial charge in [-0.05, 0) is 25.3 Å². The van der Waals surface area contributed by atoms with Gasteiger partial charge in [-0.25, -0.2) is 0 Å². The Morgan fingerprint density at radius 1 is 0.971 bits per heavy atom. The van der Waals surface area contributed by atoms with E-state index in [1.54, 1.807) is 0 Å². The maximum Gasteiger partial charge on any atom is 0.253 e. The number of amides is 3. The normalized spacial score (nSPS) is 18.4. The van der Waals surface area contributed by atoms with Gasteiger partial charge in [0.05, 0.1) is 16.7 Å². The molecule has 10 nitrogen and oxygen atoms in total. The lowest BCUT2D eigenvalue weighted by Gasteiger charge is -2.29. The molecule has 1 heterocycles. The molecule has 2 aromatic carbocycles. The van der Waals surface area contributed by atoms with Gasteiger partial charge in [-0.15, -0.1) is 0 Å². The summed E-state index contributed by atoms with van der Waals surface area (Å²) < 4.78 is 0. The number of carbonyl (C=O) groups excluding carboxylic acids is 5. The number of nitrogens with two attached hydrogens (primary N) is 1. The van der Waals surface area contributed by atoms with Crippen molar-refractivity contribution in [1.29, 1.82) is 0 Å². The smallest absolute Gasteiger partial charge is 0.253 e. The Bertz CT molecular complexity index is 1370. The minimum Gasteiger partial charge on any atom is -0.507 e. The van der Waals surface area contributed by atoms with E-state index in [4.69, 9.17) is 5.73 Å². The van der Waals surface area contributed by atoms with Crippen LogP contribution in [0.4, 0.5) is 5.69 Å². The summed E-state index contributed by atoms with van der Waals surface area (Å²) in [5.74, 6) is -3.87. The van der Waals surface area contributed by atoms with Gasteiger partial charge in [0.1, 0.15) is 11.5 Å². The van der Waals surface area contributed by atoms with Crippen molar-refractivity contribution in [3.63, 3.8) is 0 Å². The third-order valence-corrected chi connectivity index (χ3v) is 6.78. The molecule has 5 N–H and O–H groups in total. The molecule has 3 amide bonds. The Morgan fingerprint density at radius 2 is 1.63 bits per heavy atom. The van der Waals surface area contributed by atoms with Crippen LogP contribution in [0.1, 0.15) is 49.4 Å². The second-order valence-electron chi connectivity index (χ2n) is 8.72. The molecule has 35 heavy (non-hydrogen) atoms. The number of rotatable bonds is 4. The van der Waals surface area contributed by atoms with Crippen molar-refractivity contribution in [1.82, 2.24) is 10.2 Å². The molecule has 2 aliphatic carbocycles. The van der Waals surface area contributed by atoms with Gasteiger partial charge in [0.2, 0.25) is 5.91 Å². The first kappa shape index (κ1) is 22.3. The number of ketones is 2. The van der Waals surface area contributed by atoms with E-state index in [0.29, 0.717) is 12.0 Å². The minimum atomic E-state index is -0.635. The van der Waals surface area contributed by atoms with E-state index in [1.165, 1.54) is 18.2 Å². The highest BCUT2D eigenvalue weighted by Crippen LogP contribution is 2.46. The van der Waals surface area contributed by atoms with Crippen LogP contribution in [0.5, 0.6) is 11.5 Å². The molecule has 2 aromatic rings. The van der Waals surface area contributed by atoms with Crippen LogP contribution in [-0.2, 0) is 27.2 Å². The van der Waals surface area contributed by atoms with Gasteiger partial charge < -0.3 is 21.3 Å². The second-order valence-corrected chi connectivity index (χ2v) is 8.72. The number of benzene rings is 2. The van der Waals surface area contributed by atoms with Crippen molar-refractivity contribution in [2.24, 2.45) is 5.92 Å². The van der Waals surface area contributed by atoms with Crippen molar-refractivity contribution in [3.8, 4) is 11.5 Å². The quantitative estimate of drug-likeness (QED) is 0.242. The number of nitrogen functional groups attached to an aromatic ring is 1. The number of fused-ring (bicyclic) bond motifs is 3. The molecule has 0 spiro atoms. The molecule has 5 rings (SSSR count). The van der Waals surface area contributed by atoms with Crippen LogP contribution in [0.25, 0.3) is 0 Å². The van der Waals surface area contributed by atoms with E-state index in [9.17, 15) is 34.2 Å². The van der Waals surface area contributed by atoms with Gasteiger partial charge in [0, 0.05) is 53.5 Å². The summed E-state index contributed by atoms with van der Waals surface area (Å²) in [6.07, 6.45) is 2.90. The lowest BCUT2D eigenvalue weighted by molar-refractivity contribution is -0.137. The fraction of sp³-hybridized carbons (Fsp3) is 0.240. The molecule has 0 unspecified atom stereocenters. The number of nitrogens with one attached hydrogen (secondary N) is 1. The average Bonchev–Trinajstić information content (AvgIpc) is 3.16. The summed E-state index contributed by atoms with van der Waals surface area (Å²) in [6.45, 7) is 0.0897. The summed E-state index contributed by atoms with van der Waals surface area (Å²) in [4.78, 5) is 63.4. The topological polar surface area (TPSA) is 167 Å².